The van der Waals surface area contributed by atoms with Gasteiger partial charge in [-0.2, -0.15) is 4.98 Å². The Balaban J connectivity index is 1.57. The van der Waals surface area contributed by atoms with Crippen LogP contribution in [0.4, 0.5) is 5.82 Å². The van der Waals surface area contributed by atoms with Gasteiger partial charge in [-0.3, -0.25) is 4.98 Å². The fraction of sp³-hybridized carbons (Fsp3) is 0.320. The van der Waals surface area contributed by atoms with Gasteiger partial charge in [-0.1, -0.05) is 43.3 Å². The van der Waals surface area contributed by atoms with Crippen molar-refractivity contribution in [2.45, 2.75) is 39.2 Å². The van der Waals surface area contributed by atoms with Crippen molar-refractivity contribution in [3.8, 4) is 0 Å². The second-order valence-electron chi connectivity index (χ2n) is 8.33. The number of rotatable bonds is 6. The summed E-state index contributed by atoms with van der Waals surface area (Å²) in [5.41, 5.74) is 3.77. The van der Waals surface area contributed by atoms with Crippen LogP contribution in [-0.2, 0) is 25.8 Å². The Kier molecular flexibility index (Phi) is 5.88. The highest BCUT2D eigenvalue weighted by molar-refractivity contribution is 7.19. The predicted octanol–water partition coefficient (Wildman–Crippen LogP) is 6.11. The number of hydrogen-bond donors (Lipinski definition) is 0. The number of hydrogen-bond acceptors (Lipinski definition) is 5. The largest absolute Gasteiger partial charge is 0.351 e. The molecule has 3 aromatic heterocycles. The molecule has 0 bridgehead atoms. The van der Waals surface area contributed by atoms with Crippen molar-refractivity contribution >= 4 is 39.0 Å². The average molecular weight is 449 g/mol. The van der Waals surface area contributed by atoms with E-state index < -0.39 is 0 Å². The zero-order valence-electron chi connectivity index (χ0n) is 17.6. The summed E-state index contributed by atoms with van der Waals surface area (Å²) in [6.45, 7) is 3.92. The molecule has 4 aromatic rings. The molecule has 0 radical (unpaired) electrons. The number of fused-ring (bicyclic) bond motifs is 3. The maximum absolute atomic E-state index is 6.43. The van der Waals surface area contributed by atoms with Gasteiger partial charge >= 0.3 is 0 Å². The van der Waals surface area contributed by atoms with Crippen molar-refractivity contribution in [2.75, 3.05) is 11.4 Å². The summed E-state index contributed by atoms with van der Waals surface area (Å²) < 4.78 is 0. The van der Waals surface area contributed by atoms with E-state index in [-0.39, 0.29) is 0 Å². The highest BCUT2D eigenvalue weighted by Gasteiger charge is 2.26. The molecule has 0 fully saturated rings. The molecule has 31 heavy (non-hydrogen) atoms. The second kappa shape index (κ2) is 8.93. The number of pyridine rings is 1. The van der Waals surface area contributed by atoms with Gasteiger partial charge in [-0.15, -0.1) is 11.3 Å². The molecule has 0 saturated carbocycles. The maximum atomic E-state index is 6.43. The Hall–Kier alpha value is -2.50. The third kappa shape index (κ3) is 4.43. The van der Waals surface area contributed by atoms with Crippen LogP contribution < -0.4 is 4.90 Å². The van der Waals surface area contributed by atoms with Gasteiger partial charge in [0.2, 0.25) is 5.28 Å². The minimum atomic E-state index is 0.324. The molecule has 1 aliphatic rings. The maximum Gasteiger partial charge on any atom is 0.225 e. The van der Waals surface area contributed by atoms with Crippen LogP contribution in [0.5, 0.6) is 0 Å². The fourth-order valence-electron chi connectivity index (χ4n) is 4.39. The first-order valence-electron chi connectivity index (χ1n) is 10.8. The van der Waals surface area contributed by atoms with Crippen molar-refractivity contribution in [2.24, 2.45) is 5.92 Å². The van der Waals surface area contributed by atoms with Crippen LogP contribution in [0, 0.1) is 5.92 Å². The lowest BCUT2D eigenvalue weighted by Crippen LogP contribution is -2.27. The summed E-state index contributed by atoms with van der Waals surface area (Å²) in [7, 11) is 0. The highest BCUT2D eigenvalue weighted by Crippen LogP contribution is 2.41. The van der Waals surface area contributed by atoms with Crippen LogP contribution in [0.25, 0.3) is 10.2 Å². The number of aromatic nitrogens is 3. The first-order chi connectivity index (χ1) is 15.2. The molecule has 5 rings (SSSR count). The number of benzene rings is 1. The minimum absolute atomic E-state index is 0.324. The van der Waals surface area contributed by atoms with Gasteiger partial charge in [0, 0.05) is 36.3 Å². The predicted molar refractivity (Wildman–Crippen MR) is 129 cm³/mol. The SMILES string of the molecule is CC1CCc2c(sc3nc(Cl)nc(N(CCc4ccccn4)Cc4ccccc4)c23)C1. The van der Waals surface area contributed by atoms with Crippen molar-refractivity contribution in [1.82, 2.24) is 15.0 Å². The summed E-state index contributed by atoms with van der Waals surface area (Å²) in [4.78, 5) is 18.7. The molecule has 1 atom stereocenters. The Morgan fingerprint density at radius 2 is 1.94 bits per heavy atom. The molecule has 4 nitrogen and oxygen atoms in total. The molecule has 0 amide bonds. The van der Waals surface area contributed by atoms with Crippen LogP contribution in [0.1, 0.15) is 35.0 Å². The number of nitrogens with zero attached hydrogens (tertiary/aromatic N) is 4. The average Bonchev–Trinajstić information content (AvgIpc) is 3.14. The molecule has 0 spiro atoms. The van der Waals surface area contributed by atoms with Crippen molar-refractivity contribution in [3.63, 3.8) is 0 Å². The third-order valence-corrected chi connectivity index (χ3v) is 7.31. The quantitative estimate of drug-likeness (QED) is 0.333. The number of thiophene rings is 1. The number of halogens is 1. The normalized spacial score (nSPS) is 15.7. The Bertz CT molecular complexity index is 1180. The summed E-state index contributed by atoms with van der Waals surface area (Å²) >= 11 is 8.22. The molecule has 0 aliphatic heterocycles. The summed E-state index contributed by atoms with van der Waals surface area (Å²) in [5, 5.41) is 1.53. The summed E-state index contributed by atoms with van der Waals surface area (Å²) in [5.74, 6) is 1.68. The van der Waals surface area contributed by atoms with E-state index in [1.165, 1.54) is 27.8 Å². The first-order valence-corrected chi connectivity index (χ1v) is 12.0. The molecule has 6 heteroatoms. The van der Waals surface area contributed by atoms with Gasteiger partial charge < -0.3 is 4.90 Å². The lowest BCUT2D eigenvalue weighted by molar-refractivity contribution is 0.509. The van der Waals surface area contributed by atoms with Crippen molar-refractivity contribution in [1.29, 1.82) is 0 Å². The van der Waals surface area contributed by atoms with E-state index in [0.717, 1.165) is 54.6 Å². The van der Waals surface area contributed by atoms with Crippen LogP contribution in [0.3, 0.4) is 0 Å². The number of anilines is 1. The van der Waals surface area contributed by atoms with Crippen LogP contribution in [0.15, 0.2) is 54.7 Å². The Morgan fingerprint density at radius 3 is 2.74 bits per heavy atom. The zero-order chi connectivity index (χ0) is 21.2. The first kappa shape index (κ1) is 20.4. The van der Waals surface area contributed by atoms with E-state index in [1.54, 1.807) is 11.3 Å². The van der Waals surface area contributed by atoms with Crippen molar-refractivity contribution in [3.05, 3.63) is 81.7 Å². The molecule has 0 N–H and O–H groups in total. The fourth-order valence-corrected chi connectivity index (χ4v) is 5.98. The molecule has 3 heterocycles. The van der Waals surface area contributed by atoms with E-state index in [9.17, 15) is 0 Å². The lowest BCUT2D eigenvalue weighted by atomic mass is 9.89. The van der Waals surface area contributed by atoms with Crippen LogP contribution >= 0.6 is 22.9 Å². The van der Waals surface area contributed by atoms with Gasteiger partial charge in [0.05, 0.1) is 5.39 Å². The Morgan fingerprint density at radius 1 is 1.10 bits per heavy atom. The molecular weight excluding hydrogens is 424 g/mol. The van der Waals surface area contributed by atoms with Gasteiger partial charge in [0.1, 0.15) is 10.6 Å². The van der Waals surface area contributed by atoms with Gasteiger partial charge in [0.25, 0.3) is 0 Å². The summed E-state index contributed by atoms with van der Waals surface area (Å²) in [6.07, 6.45) is 6.13. The molecule has 158 valence electrons. The number of aryl methyl sites for hydroxylation is 1. The smallest absolute Gasteiger partial charge is 0.225 e. The molecule has 0 saturated heterocycles. The highest BCUT2D eigenvalue weighted by atomic mass is 35.5. The second-order valence-corrected chi connectivity index (χ2v) is 9.75. The van der Waals surface area contributed by atoms with Gasteiger partial charge in [-0.25, -0.2) is 4.98 Å². The topological polar surface area (TPSA) is 41.9 Å². The van der Waals surface area contributed by atoms with E-state index in [0.29, 0.717) is 5.28 Å². The monoisotopic (exact) mass is 448 g/mol. The zero-order valence-corrected chi connectivity index (χ0v) is 19.2. The van der Waals surface area contributed by atoms with Gasteiger partial charge in [-0.05, 0) is 60.0 Å². The third-order valence-electron chi connectivity index (χ3n) is 5.99. The lowest BCUT2D eigenvalue weighted by Gasteiger charge is -2.26. The molecular formula is C25H25ClN4S. The van der Waals surface area contributed by atoms with Gasteiger partial charge in [0.15, 0.2) is 0 Å². The van der Waals surface area contributed by atoms with Crippen LogP contribution in [-0.4, -0.2) is 21.5 Å². The summed E-state index contributed by atoms with van der Waals surface area (Å²) in [6, 6.07) is 16.6. The van der Waals surface area contributed by atoms with E-state index in [4.69, 9.17) is 16.6 Å². The Labute approximate surface area is 192 Å². The molecule has 1 aliphatic carbocycles. The minimum Gasteiger partial charge on any atom is -0.351 e. The molecule has 1 aromatic carbocycles. The van der Waals surface area contributed by atoms with E-state index in [1.807, 2.05) is 18.3 Å². The van der Waals surface area contributed by atoms with E-state index in [2.05, 4.69) is 58.2 Å². The van der Waals surface area contributed by atoms with Crippen molar-refractivity contribution < 1.29 is 0 Å². The van der Waals surface area contributed by atoms with Crippen LogP contribution in [0.2, 0.25) is 5.28 Å². The standard InChI is InChI=1S/C25H25ClN4S/c1-17-10-11-20-21(15-17)31-24-22(20)23(28-25(26)29-24)30(16-18-7-3-2-4-8-18)14-12-19-9-5-6-13-27-19/h2-9,13,17H,10-12,14-16H2,1H3. The molecule has 1 unspecified atom stereocenters. The van der Waals surface area contributed by atoms with E-state index >= 15 is 0 Å².